The van der Waals surface area contributed by atoms with Gasteiger partial charge in [0.2, 0.25) is 0 Å². The highest BCUT2D eigenvalue weighted by Crippen LogP contribution is 2.24. The molecule has 4 nitrogen and oxygen atoms in total. The number of para-hydroxylation sites is 1. The number of nitro benzene ring substituents is 1. The normalized spacial score (nSPS) is 10.8. The van der Waals surface area contributed by atoms with Gasteiger partial charge in [-0.1, -0.05) is 42.5 Å². The van der Waals surface area contributed by atoms with Gasteiger partial charge in [-0.25, -0.2) is 0 Å². The minimum atomic E-state index is -0.453. The molecule has 0 heterocycles. The smallest absolute Gasteiger partial charge is 0.258 e. The molecular weight excluding hydrogens is 240 g/mol. The lowest BCUT2D eigenvalue weighted by Crippen LogP contribution is -1.91. The van der Waals surface area contributed by atoms with Gasteiger partial charge in [0.25, 0.3) is 5.69 Å². The third-order valence-electron chi connectivity index (χ3n) is 2.64. The van der Waals surface area contributed by atoms with Crippen LogP contribution >= 0.6 is 0 Å². The van der Waals surface area contributed by atoms with Crippen LogP contribution in [0.1, 0.15) is 11.1 Å². The summed E-state index contributed by atoms with van der Waals surface area (Å²) in [7, 11) is 0. The predicted molar refractivity (Wildman–Crippen MR) is 73.0 cm³/mol. The first-order chi connectivity index (χ1) is 9.22. The Morgan fingerprint density at radius 3 is 2.37 bits per heavy atom. The molecule has 2 aromatic carbocycles. The fourth-order valence-corrected chi connectivity index (χ4v) is 1.73. The van der Waals surface area contributed by atoms with E-state index in [4.69, 9.17) is 0 Å². The number of nitriles is 1. The van der Waals surface area contributed by atoms with Crippen molar-refractivity contribution in [3.8, 4) is 6.07 Å². The van der Waals surface area contributed by atoms with Crippen molar-refractivity contribution in [2.45, 2.75) is 0 Å². The molecule has 0 aliphatic rings. The maximum Gasteiger partial charge on any atom is 0.276 e. The van der Waals surface area contributed by atoms with E-state index in [2.05, 4.69) is 6.07 Å². The summed E-state index contributed by atoms with van der Waals surface area (Å²) in [5, 5.41) is 20.1. The average Bonchev–Trinajstić information content (AvgIpc) is 2.46. The number of hydrogen-bond acceptors (Lipinski definition) is 3. The van der Waals surface area contributed by atoms with Crippen molar-refractivity contribution in [2.24, 2.45) is 0 Å². The molecule has 0 N–H and O–H groups in total. The van der Waals surface area contributed by atoms with Crippen molar-refractivity contribution < 1.29 is 4.92 Å². The third kappa shape index (κ3) is 2.85. The first-order valence-electron chi connectivity index (χ1n) is 5.63. The van der Waals surface area contributed by atoms with Gasteiger partial charge in [-0.2, -0.15) is 5.26 Å². The second kappa shape index (κ2) is 5.61. The summed E-state index contributed by atoms with van der Waals surface area (Å²) in [6.45, 7) is 0. The van der Waals surface area contributed by atoms with Crippen LogP contribution < -0.4 is 0 Å². The summed E-state index contributed by atoms with van der Waals surface area (Å²) in [4.78, 5) is 10.5. The second-order valence-electron chi connectivity index (χ2n) is 3.85. The minimum absolute atomic E-state index is 0.00817. The van der Waals surface area contributed by atoms with Crippen LogP contribution in [-0.2, 0) is 0 Å². The predicted octanol–water partition coefficient (Wildman–Crippen LogP) is 3.66. The molecule has 19 heavy (non-hydrogen) atoms. The molecule has 92 valence electrons. The summed E-state index contributed by atoms with van der Waals surface area (Å²) < 4.78 is 0. The van der Waals surface area contributed by atoms with Crippen molar-refractivity contribution in [3.05, 3.63) is 75.8 Å². The summed E-state index contributed by atoms with van der Waals surface area (Å²) in [6, 6.07) is 17.5. The van der Waals surface area contributed by atoms with Gasteiger partial charge in [-0.3, -0.25) is 10.1 Å². The van der Waals surface area contributed by atoms with Gasteiger partial charge < -0.3 is 0 Å². The van der Waals surface area contributed by atoms with E-state index in [1.54, 1.807) is 30.3 Å². The topological polar surface area (TPSA) is 66.9 Å². The van der Waals surface area contributed by atoms with E-state index in [1.807, 2.05) is 18.2 Å². The van der Waals surface area contributed by atoms with E-state index in [0.717, 1.165) is 5.56 Å². The van der Waals surface area contributed by atoms with Crippen molar-refractivity contribution in [3.63, 3.8) is 0 Å². The fourth-order valence-electron chi connectivity index (χ4n) is 1.73. The number of nitro groups is 1. The van der Waals surface area contributed by atoms with Crippen LogP contribution in [0.5, 0.6) is 0 Å². The highest BCUT2D eigenvalue weighted by Gasteiger charge is 2.11. The molecule has 0 amide bonds. The first-order valence-corrected chi connectivity index (χ1v) is 5.63. The molecule has 0 bridgehead atoms. The van der Waals surface area contributed by atoms with Gasteiger partial charge in [-0.05, 0) is 17.7 Å². The Morgan fingerprint density at radius 1 is 1.11 bits per heavy atom. The lowest BCUT2D eigenvalue weighted by Gasteiger charge is -2.00. The van der Waals surface area contributed by atoms with Crippen LogP contribution in [0.3, 0.4) is 0 Å². The van der Waals surface area contributed by atoms with E-state index in [0.29, 0.717) is 11.1 Å². The molecule has 0 aliphatic carbocycles. The molecule has 0 saturated carbocycles. The Labute approximate surface area is 110 Å². The van der Waals surface area contributed by atoms with Crippen LogP contribution in [0.25, 0.3) is 11.6 Å². The molecule has 0 spiro atoms. The van der Waals surface area contributed by atoms with Gasteiger partial charge in [0.05, 0.1) is 22.1 Å². The fraction of sp³-hybridized carbons (Fsp3) is 0. The molecular formula is C15H10N2O2. The molecule has 4 heteroatoms. The first kappa shape index (κ1) is 12.5. The Bertz CT molecular complexity index is 670. The van der Waals surface area contributed by atoms with Gasteiger partial charge in [-0.15, -0.1) is 0 Å². The molecule has 0 saturated heterocycles. The second-order valence-corrected chi connectivity index (χ2v) is 3.85. The third-order valence-corrected chi connectivity index (χ3v) is 2.64. The number of nitrogens with zero attached hydrogens (tertiary/aromatic N) is 2. The van der Waals surface area contributed by atoms with Gasteiger partial charge >= 0.3 is 0 Å². The van der Waals surface area contributed by atoms with Crippen LogP contribution in [-0.4, -0.2) is 4.92 Å². The highest BCUT2D eigenvalue weighted by molar-refractivity contribution is 5.91. The quantitative estimate of drug-likeness (QED) is 0.361. The van der Waals surface area contributed by atoms with E-state index in [9.17, 15) is 15.4 Å². The summed E-state index contributed by atoms with van der Waals surface area (Å²) in [5.41, 5.74) is 1.55. The number of hydrogen-bond donors (Lipinski definition) is 0. The zero-order valence-electron chi connectivity index (χ0n) is 9.98. The number of rotatable bonds is 3. The lowest BCUT2D eigenvalue weighted by atomic mass is 10.0. The van der Waals surface area contributed by atoms with E-state index in [-0.39, 0.29) is 5.69 Å². The van der Waals surface area contributed by atoms with Crippen LogP contribution in [0, 0.1) is 21.4 Å². The average molecular weight is 250 g/mol. The summed E-state index contributed by atoms with van der Waals surface area (Å²) in [6.07, 6.45) is 1.54. The largest absolute Gasteiger partial charge is 0.276 e. The SMILES string of the molecule is N#C/C(=C/c1ccccc1[N+](=O)[O-])c1ccccc1. The van der Waals surface area contributed by atoms with Gasteiger partial charge in [0.15, 0.2) is 0 Å². The molecule has 0 fully saturated rings. The van der Waals surface area contributed by atoms with Crippen molar-refractivity contribution in [1.29, 1.82) is 5.26 Å². The van der Waals surface area contributed by atoms with Crippen LogP contribution in [0.15, 0.2) is 54.6 Å². The Balaban J connectivity index is 2.51. The van der Waals surface area contributed by atoms with Crippen LogP contribution in [0.4, 0.5) is 5.69 Å². The molecule has 2 aromatic rings. The molecule has 0 radical (unpaired) electrons. The Morgan fingerprint density at radius 2 is 1.74 bits per heavy atom. The highest BCUT2D eigenvalue weighted by atomic mass is 16.6. The monoisotopic (exact) mass is 250 g/mol. The van der Waals surface area contributed by atoms with E-state index < -0.39 is 4.92 Å². The van der Waals surface area contributed by atoms with Crippen molar-refractivity contribution in [1.82, 2.24) is 0 Å². The van der Waals surface area contributed by atoms with E-state index in [1.165, 1.54) is 12.1 Å². The standard InChI is InChI=1S/C15H10N2O2/c16-11-14(12-6-2-1-3-7-12)10-13-8-4-5-9-15(13)17(18)19/h1-10H/b14-10-. The molecule has 2 rings (SSSR count). The molecule has 0 unspecified atom stereocenters. The maximum absolute atomic E-state index is 10.9. The van der Waals surface area contributed by atoms with Crippen molar-refractivity contribution in [2.75, 3.05) is 0 Å². The van der Waals surface area contributed by atoms with Crippen molar-refractivity contribution >= 4 is 17.3 Å². The van der Waals surface area contributed by atoms with Crippen LogP contribution in [0.2, 0.25) is 0 Å². The minimum Gasteiger partial charge on any atom is -0.258 e. The lowest BCUT2D eigenvalue weighted by molar-refractivity contribution is -0.385. The Hall–Kier alpha value is -2.93. The maximum atomic E-state index is 10.9. The van der Waals surface area contributed by atoms with Gasteiger partial charge in [0.1, 0.15) is 0 Å². The van der Waals surface area contributed by atoms with E-state index >= 15 is 0 Å². The molecule has 0 aliphatic heterocycles. The summed E-state index contributed by atoms with van der Waals surface area (Å²) in [5.74, 6) is 0. The zero-order chi connectivity index (χ0) is 13.7. The summed E-state index contributed by atoms with van der Waals surface area (Å²) >= 11 is 0. The Kier molecular flexibility index (Phi) is 3.70. The number of allylic oxidation sites excluding steroid dienone is 1. The number of benzene rings is 2. The zero-order valence-corrected chi connectivity index (χ0v) is 9.98. The molecule has 0 aromatic heterocycles. The van der Waals surface area contributed by atoms with Gasteiger partial charge in [0, 0.05) is 6.07 Å². The molecule has 0 atom stereocenters.